The van der Waals surface area contributed by atoms with Crippen LogP contribution in [0.25, 0.3) is 0 Å². The van der Waals surface area contributed by atoms with Crippen LogP contribution in [0.5, 0.6) is 0 Å². The van der Waals surface area contributed by atoms with Gasteiger partial charge in [-0.25, -0.2) is 4.79 Å². The SMILES string of the molecule is NC(=O)O.OC1CCC1. The van der Waals surface area contributed by atoms with Crippen molar-refractivity contribution in [2.45, 2.75) is 25.4 Å². The number of hydrogen-bond acceptors (Lipinski definition) is 2. The van der Waals surface area contributed by atoms with Crippen molar-refractivity contribution in [2.24, 2.45) is 5.73 Å². The lowest BCUT2D eigenvalue weighted by molar-refractivity contribution is 0.0950. The molecule has 4 nitrogen and oxygen atoms in total. The predicted molar refractivity (Wildman–Crippen MR) is 32.1 cm³/mol. The van der Waals surface area contributed by atoms with Crippen molar-refractivity contribution in [3.05, 3.63) is 0 Å². The highest BCUT2D eigenvalue weighted by atomic mass is 16.4. The quantitative estimate of drug-likeness (QED) is 0.440. The second kappa shape index (κ2) is 4.14. The maximum absolute atomic E-state index is 8.78. The molecule has 0 radical (unpaired) electrons. The molecule has 1 fully saturated rings. The van der Waals surface area contributed by atoms with E-state index in [1.807, 2.05) is 0 Å². The number of aliphatic hydroxyl groups is 1. The van der Waals surface area contributed by atoms with Crippen LogP contribution in [0.1, 0.15) is 19.3 Å². The van der Waals surface area contributed by atoms with Crippen LogP contribution in [0.4, 0.5) is 4.79 Å². The standard InChI is InChI=1S/C4H8O.CH3NO2/c5-4-2-1-3-4;2-1(3)4/h4-5H,1-3H2;2H2,(H,3,4). The van der Waals surface area contributed by atoms with Crippen molar-refractivity contribution < 1.29 is 15.0 Å². The lowest BCUT2D eigenvalue weighted by Gasteiger charge is -2.17. The molecule has 1 saturated carbocycles. The van der Waals surface area contributed by atoms with Gasteiger partial charge in [0.1, 0.15) is 0 Å². The number of rotatable bonds is 0. The summed E-state index contributed by atoms with van der Waals surface area (Å²) in [6, 6.07) is 0. The molecule has 4 N–H and O–H groups in total. The molecule has 1 rings (SSSR count). The van der Waals surface area contributed by atoms with Gasteiger partial charge in [-0.15, -0.1) is 0 Å². The molecule has 1 aliphatic rings. The molecule has 0 spiro atoms. The molecule has 0 aromatic rings. The Morgan fingerprint density at radius 3 is 1.78 bits per heavy atom. The Morgan fingerprint density at radius 1 is 1.56 bits per heavy atom. The highest BCUT2D eigenvalue weighted by Gasteiger charge is 2.11. The van der Waals surface area contributed by atoms with E-state index in [1.165, 1.54) is 6.42 Å². The van der Waals surface area contributed by atoms with Gasteiger partial charge in [-0.05, 0) is 19.3 Å². The molecule has 1 aliphatic carbocycles. The molecular formula is C5H11NO3. The zero-order valence-corrected chi connectivity index (χ0v) is 5.08. The van der Waals surface area contributed by atoms with E-state index < -0.39 is 6.09 Å². The first-order valence-corrected chi connectivity index (χ1v) is 2.79. The first kappa shape index (κ1) is 8.23. The number of amides is 1. The summed E-state index contributed by atoms with van der Waals surface area (Å²) < 4.78 is 0. The van der Waals surface area contributed by atoms with E-state index >= 15 is 0 Å². The second-order valence-corrected chi connectivity index (χ2v) is 1.92. The first-order chi connectivity index (χ1) is 4.13. The van der Waals surface area contributed by atoms with Gasteiger partial charge in [-0.2, -0.15) is 0 Å². The van der Waals surface area contributed by atoms with Gasteiger partial charge in [0.25, 0.3) is 0 Å². The summed E-state index contributed by atoms with van der Waals surface area (Å²) in [6.45, 7) is 0. The van der Waals surface area contributed by atoms with Gasteiger partial charge in [-0.1, -0.05) is 0 Å². The van der Waals surface area contributed by atoms with Gasteiger partial charge < -0.3 is 15.9 Å². The second-order valence-electron chi connectivity index (χ2n) is 1.92. The summed E-state index contributed by atoms with van der Waals surface area (Å²) >= 11 is 0. The van der Waals surface area contributed by atoms with E-state index in [0.29, 0.717) is 0 Å². The van der Waals surface area contributed by atoms with Gasteiger partial charge in [0.2, 0.25) is 0 Å². The van der Waals surface area contributed by atoms with E-state index in [1.54, 1.807) is 0 Å². The minimum atomic E-state index is -1.33. The molecule has 0 aliphatic heterocycles. The van der Waals surface area contributed by atoms with Crippen LogP contribution in [0, 0.1) is 0 Å². The van der Waals surface area contributed by atoms with E-state index in [-0.39, 0.29) is 6.10 Å². The summed E-state index contributed by atoms with van der Waals surface area (Å²) in [4.78, 5) is 8.78. The lowest BCUT2D eigenvalue weighted by Crippen LogP contribution is -2.15. The highest BCUT2D eigenvalue weighted by Crippen LogP contribution is 2.16. The summed E-state index contributed by atoms with van der Waals surface area (Å²) in [5, 5.41) is 15.6. The van der Waals surface area contributed by atoms with Crippen molar-refractivity contribution >= 4 is 6.09 Å². The third-order valence-corrected chi connectivity index (χ3v) is 1.07. The molecular weight excluding hydrogens is 122 g/mol. The van der Waals surface area contributed by atoms with Crippen molar-refractivity contribution in [1.82, 2.24) is 0 Å². The Kier molecular flexibility index (Phi) is 3.79. The van der Waals surface area contributed by atoms with Crippen LogP contribution in [0.2, 0.25) is 0 Å². The highest BCUT2D eigenvalue weighted by molar-refractivity contribution is 5.61. The number of nitrogens with two attached hydrogens (primary N) is 1. The van der Waals surface area contributed by atoms with Crippen LogP contribution >= 0.6 is 0 Å². The largest absolute Gasteiger partial charge is 0.465 e. The molecule has 1 amide bonds. The fourth-order valence-corrected chi connectivity index (χ4v) is 0.387. The average molecular weight is 133 g/mol. The molecule has 0 atom stereocenters. The summed E-state index contributed by atoms with van der Waals surface area (Å²) in [7, 11) is 0. The minimum absolute atomic E-state index is 0.0648. The lowest BCUT2D eigenvalue weighted by atomic mass is 9.97. The predicted octanol–water partition coefficient (Wildman–Crippen LogP) is 0.154. The number of carbonyl (C=O) groups is 1. The van der Waals surface area contributed by atoms with Crippen molar-refractivity contribution in [3.8, 4) is 0 Å². The summed E-state index contributed by atoms with van der Waals surface area (Å²) in [5.41, 5.74) is 4.03. The number of hydrogen-bond donors (Lipinski definition) is 3. The first-order valence-electron chi connectivity index (χ1n) is 2.79. The Morgan fingerprint density at radius 2 is 1.78 bits per heavy atom. The van der Waals surface area contributed by atoms with E-state index in [4.69, 9.17) is 15.0 Å². The van der Waals surface area contributed by atoms with Gasteiger partial charge in [0.15, 0.2) is 0 Å². The Hall–Kier alpha value is -0.770. The molecule has 0 aromatic carbocycles. The smallest absolute Gasteiger partial charge is 0.402 e. The topological polar surface area (TPSA) is 83.6 Å². The molecule has 0 saturated heterocycles. The van der Waals surface area contributed by atoms with Gasteiger partial charge in [0.05, 0.1) is 6.10 Å². The monoisotopic (exact) mass is 133 g/mol. The van der Waals surface area contributed by atoms with Crippen molar-refractivity contribution in [2.75, 3.05) is 0 Å². The Labute approximate surface area is 53.3 Å². The van der Waals surface area contributed by atoms with Crippen molar-refractivity contribution in [3.63, 3.8) is 0 Å². The van der Waals surface area contributed by atoms with E-state index in [9.17, 15) is 0 Å². The van der Waals surface area contributed by atoms with Crippen LogP contribution in [-0.2, 0) is 0 Å². The number of aliphatic hydroxyl groups excluding tert-OH is 1. The zero-order valence-electron chi connectivity index (χ0n) is 5.08. The molecule has 0 bridgehead atoms. The third kappa shape index (κ3) is 7.23. The molecule has 9 heavy (non-hydrogen) atoms. The third-order valence-electron chi connectivity index (χ3n) is 1.07. The fraction of sp³-hybridized carbons (Fsp3) is 0.800. The Bertz CT molecular complexity index is 86.2. The van der Waals surface area contributed by atoms with Gasteiger partial charge in [0, 0.05) is 0 Å². The van der Waals surface area contributed by atoms with E-state index in [0.717, 1.165) is 12.8 Å². The maximum atomic E-state index is 8.78. The average Bonchev–Trinajstić information content (AvgIpc) is 1.59. The molecule has 0 unspecified atom stereocenters. The van der Waals surface area contributed by atoms with Crippen molar-refractivity contribution in [1.29, 1.82) is 0 Å². The fourth-order valence-electron chi connectivity index (χ4n) is 0.387. The maximum Gasteiger partial charge on any atom is 0.402 e. The minimum Gasteiger partial charge on any atom is -0.465 e. The Balaban J connectivity index is 0.000000148. The molecule has 54 valence electrons. The van der Waals surface area contributed by atoms with Crippen LogP contribution in [0.3, 0.4) is 0 Å². The number of primary amides is 1. The zero-order chi connectivity index (χ0) is 7.28. The van der Waals surface area contributed by atoms with E-state index in [2.05, 4.69) is 5.73 Å². The molecule has 0 aromatic heterocycles. The summed E-state index contributed by atoms with van der Waals surface area (Å²) in [6.07, 6.45) is 2.05. The number of carboxylic acid groups (broad SMARTS) is 1. The normalized spacial score (nSPS) is 17.0. The van der Waals surface area contributed by atoms with Crippen LogP contribution in [0.15, 0.2) is 0 Å². The van der Waals surface area contributed by atoms with Crippen LogP contribution < -0.4 is 5.73 Å². The van der Waals surface area contributed by atoms with Gasteiger partial charge >= 0.3 is 6.09 Å². The molecule has 0 heterocycles. The van der Waals surface area contributed by atoms with Gasteiger partial charge in [-0.3, -0.25) is 0 Å². The van der Waals surface area contributed by atoms with Crippen LogP contribution in [-0.4, -0.2) is 22.4 Å². The molecule has 4 heteroatoms. The summed E-state index contributed by atoms with van der Waals surface area (Å²) in [5.74, 6) is 0.